The molecule has 0 bridgehead atoms. The maximum atomic E-state index is 11.7. The van der Waals surface area contributed by atoms with Gasteiger partial charge in [0, 0.05) is 13.1 Å². The fourth-order valence-electron chi connectivity index (χ4n) is 1.47. The highest BCUT2D eigenvalue weighted by atomic mass is 16.4. The number of hydrogen-bond acceptors (Lipinski definition) is 5. The Balaban J connectivity index is 2.58. The van der Waals surface area contributed by atoms with Crippen LogP contribution in [0.1, 0.15) is 6.42 Å². The minimum absolute atomic E-state index is 0.0716. The van der Waals surface area contributed by atoms with Crippen molar-refractivity contribution in [3.05, 3.63) is 24.3 Å². The Hall–Kier alpha value is -2.12. The van der Waals surface area contributed by atoms with Crippen molar-refractivity contribution >= 4 is 17.6 Å². The Labute approximate surface area is 110 Å². The maximum absolute atomic E-state index is 11.7. The summed E-state index contributed by atoms with van der Waals surface area (Å²) in [4.78, 5) is 22.6. The van der Waals surface area contributed by atoms with Crippen LogP contribution in [0.4, 0.5) is 5.69 Å². The van der Waals surface area contributed by atoms with Gasteiger partial charge in [-0.1, -0.05) is 12.1 Å². The molecule has 0 aliphatic carbocycles. The second kappa shape index (κ2) is 7.34. The largest absolute Gasteiger partial charge is 0.506 e. The summed E-state index contributed by atoms with van der Waals surface area (Å²) < 4.78 is 0. The average molecular weight is 267 g/mol. The number of carbonyl (C=O) groups excluding carboxylic acids is 1. The van der Waals surface area contributed by atoms with Crippen LogP contribution in [0.2, 0.25) is 0 Å². The van der Waals surface area contributed by atoms with Gasteiger partial charge >= 0.3 is 5.97 Å². The molecule has 0 radical (unpaired) electrons. The maximum Gasteiger partial charge on any atom is 0.321 e. The molecular weight excluding hydrogens is 250 g/mol. The predicted octanol–water partition coefficient (Wildman–Crippen LogP) is -0.278. The summed E-state index contributed by atoms with van der Waals surface area (Å²) in [5.41, 5.74) is 5.51. The van der Waals surface area contributed by atoms with E-state index in [0.29, 0.717) is 6.54 Å². The molecule has 104 valence electrons. The molecule has 1 aromatic carbocycles. The third-order valence-corrected chi connectivity index (χ3v) is 2.40. The SMILES string of the molecule is NCCN[C@H](CC(=O)Nc1ccccc1O)C(=O)O. The lowest BCUT2D eigenvalue weighted by Gasteiger charge is -2.14. The van der Waals surface area contributed by atoms with E-state index < -0.39 is 17.9 Å². The van der Waals surface area contributed by atoms with Gasteiger partial charge in [-0.25, -0.2) is 0 Å². The summed E-state index contributed by atoms with van der Waals surface area (Å²) in [6.45, 7) is 0.589. The van der Waals surface area contributed by atoms with Gasteiger partial charge in [0.15, 0.2) is 0 Å². The molecular formula is C12H17N3O4. The number of para-hydroxylation sites is 2. The van der Waals surface area contributed by atoms with Crippen LogP contribution in [0.3, 0.4) is 0 Å². The third kappa shape index (κ3) is 4.94. The molecule has 0 aliphatic rings. The van der Waals surface area contributed by atoms with Gasteiger partial charge in [0.1, 0.15) is 11.8 Å². The van der Waals surface area contributed by atoms with Crippen LogP contribution in [0.5, 0.6) is 5.75 Å². The molecule has 0 unspecified atom stereocenters. The van der Waals surface area contributed by atoms with Gasteiger partial charge in [-0.05, 0) is 12.1 Å². The summed E-state index contributed by atoms with van der Waals surface area (Å²) in [6.07, 6.45) is -0.246. The zero-order valence-electron chi connectivity index (χ0n) is 10.3. The third-order valence-electron chi connectivity index (χ3n) is 2.40. The molecule has 0 saturated carbocycles. The Bertz CT molecular complexity index is 450. The first-order valence-corrected chi connectivity index (χ1v) is 5.78. The molecule has 0 spiro atoms. The topological polar surface area (TPSA) is 125 Å². The van der Waals surface area contributed by atoms with E-state index in [1.807, 2.05) is 0 Å². The van der Waals surface area contributed by atoms with E-state index in [9.17, 15) is 14.7 Å². The number of phenols is 1. The summed E-state index contributed by atoms with van der Waals surface area (Å²) >= 11 is 0. The van der Waals surface area contributed by atoms with Crippen LogP contribution < -0.4 is 16.4 Å². The van der Waals surface area contributed by atoms with Crippen molar-refractivity contribution in [1.82, 2.24) is 5.32 Å². The number of benzene rings is 1. The van der Waals surface area contributed by atoms with Gasteiger partial charge in [0.05, 0.1) is 12.1 Å². The number of carbonyl (C=O) groups is 2. The Kier molecular flexibility index (Phi) is 5.77. The minimum atomic E-state index is -1.12. The Morgan fingerprint density at radius 2 is 2.00 bits per heavy atom. The van der Waals surface area contributed by atoms with Crippen molar-refractivity contribution in [1.29, 1.82) is 0 Å². The highest BCUT2D eigenvalue weighted by Gasteiger charge is 2.20. The van der Waals surface area contributed by atoms with E-state index in [1.165, 1.54) is 12.1 Å². The molecule has 0 heterocycles. The number of carboxylic acids is 1. The lowest BCUT2D eigenvalue weighted by Crippen LogP contribution is -2.41. The Morgan fingerprint density at radius 1 is 1.32 bits per heavy atom. The zero-order chi connectivity index (χ0) is 14.3. The fraction of sp³-hybridized carbons (Fsp3) is 0.333. The number of hydrogen-bond donors (Lipinski definition) is 5. The van der Waals surface area contributed by atoms with Gasteiger partial charge in [-0.3, -0.25) is 9.59 Å². The molecule has 1 atom stereocenters. The molecule has 0 saturated heterocycles. The second-order valence-electron chi connectivity index (χ2n) is 3.90. The summed E-state index contributed by atoms with van der Waals surface area (Å²) in [5, 5.41) is 23.5. The van der Waals surface area contributed by atoms with Crippen molar-refractivity contribution < 1.29 is 19.8 Å². The summed E-state index contributed by atoms with van der Waals surface area (Å²) in [7, 11) is 0. The molecule has 1 aromatic rings. The minimum Gasteiger partial charge on any atom is -0.506 e. The van der Waals surface area contributed by atoms with E-state index >= 15 is 0 Å². The zero-order valence-corrected chi connectivity index (χ0v) is 10.3. The van der Waals surface area contributed by atoms with Gasteiger partial charge in [-0.2, -0.15) is 0 Å². The van der Waals surface area contributed by atoms with Crippen LogP contribution in [-0.2, 0) is 9.59 Å². The van der Waals surface area contributed by atoms with Crippen molar-refractivity contribution in [3.63, 3.8) is 0 Å². The summed E-state index contributed by atoms with van der Waals surface area (Å²) in [5.74, 6) is -1.70. The number of amides is 1. The molecule has 0 aromatic heterocycles. The number of aromatic hydroxyl groups is 1. The molecule has 7 heteroatoms. The van der Waals surface area contributed by atoms with Crippen molar-refractivity contribution in [2.45, 2.75) is 12.5 Å². The van der Waals surface area contributed by atoms with E-state index in [2.05, 4.69) is 10.6 Å². The van der Waals surface area contributed by atoms with E-state index in [-0.39, 0.29) is 24.4 Å². The fourth-order valence-corrected chi connectivity index (χ4v) is 1.47. The number of anilines is 1. The molecule has 6 N–H and O–H groups in total. The van der Waals surface area contributed by atoms with Crippen molar-refractivity contribution in [3.8, 4) is 5.75 Å². The predicted molar refractivity (Wildman–Crippen MR) is 69.8 cm³/mol. The first-order chi connectivity index (χ1) is 9.04. The lowest BCUT2D eigenvalue weighted by atomic mass is 10.2. The molecule has 19 heavy (non-hydrogen) atoms. The average Bonchev–Trinajstić information content (AvgIpc) is 2.37. The van der Waals surface area contributed by atoms with Crippen LogP contribution in [0, 0.1) is 0 Å². The Morgan fingerprint density at radius 3 is 2.58 bits per heavy atom. The number of nitrogens with one attached hydrogen (secondary N) is 2. The second-order valence-corrected chi connectivity index (χ2v) is 3.90. The highest BCUT2D eigenvalue weighted by Crippen LogP contribution is 2.21. The number of phenolic OH excluding ortho intramolecular Hbond substituents is 1. The molecule has 7 nitrogen and oxygen atoms in total. The van der Waals surface area contributed by atoms with E-state index in [0.717, 1.165) is 0 Å². The standard InChI is InChI=1S/C12H17N3O4/c13-5-6-14-9(12(18)19)7-11(17)15-8-3-1-2-4-10(8)16/h1-4,9,14,16H,5-7,13H2,(H,15,17)(H,18,19)/t9-/m1/s1. The van der Waals surface area contributed by atoms with E-state index in [4.69, 9.17) is 10.8 Å². The number of carboxylic acid groups (broad SMARTS) is 1. The van der Waals surface area contributed by atoms with Gasteiger partial charge in [-0.15, -0.1) is 0 Å². The normalized spacial score (nSPS) is 11.8. The molecule has 1 amide bonds. The highest BCUT2D eigenvalue weighted by molar-refractivity contribution is 5.95. The summed E-state index contributed by atoms with van der Waals surface area (Å²) in [6, 6.07) is 5.21. The number of aliphatic carboxylic acids is 1. The number of rotatable bonds is 7. The van der Waals surface area contributed by atoms with Crippen LogP contribution in [0.15, 0.2) is 24.3 Å². The smallest absolute Gasteiger partial charge is 0.321 e. The van der Waals surface area contributed by atoms with Gasteiger partial charge in [0.2, 0.25) is 5.91 Å². The quantitative estimate of drug-likeness (QED) is 0.433. The van der Waals surface area contributed by atoms with Gasteiger partial charge in [0.25, 0.3) is 0 Å². The van der Waals surface area contributed by atoms with Crippen LogP contribution >= 0.6 is 0 Å². The molecule has 0 aliphatic heterocycles. The molecule has 1 rings (SSSR count). The van der Waals surface area contributed by atoms with Crippen LogP contribution in [-0.4, -0.2) is 41.2 Å². The van der Waals surface area contributed by atoms with E-state index in [1.54, 1.807) is 12.1 Å². The first kappa shape index (κ1) is 14.9. The monoisotopic (exact) mass is 267 g/mol. The molecule has 0 fully saturated rings. The van der Waals surface area contributed by atoms with Crippen molar-refractivity contribution in [2.75, 3.05) is 18.4 Å². The van der Waals surface area contributed by atoms with Crippen molar-refractivity contribution in [2.24, 2.45) is 5.73 Å². The lowest BCUT2D eigenvalue weighted by molar-refractivity contribution is -0.141. The van der Waals surface area contributed by atoms with Crippen LogP contribution in [0.25, 0.3) is 0 Å². The van der Waals surface area contributed by atoms with Gasteiger partial charge < -0.3 is 26.6 Å². The number of nitrogens with two attached hydrogens (primary N) is 1. The first-order valence-electron chi connectivity index (χ1n) is 5.78.